The van der Waals surface area contributed by atoms with Crippen molar-refractivity contribution in [2.24, 2.45) is 11.7 Å². The van der Waals surface area contributed by atoms with E-state index in [-0.39, 0.29) is 6.04 Å². The monoisotopic (exact) mass is 210 g/mol. The molecule has 1 aromatic heterocycles. The highest BCUT2D eigenvalue weighted by atomic mass is 15.3. The van der Waals surface area contributed by atoms with Crippen LogP contribution in [0.15, 0.2) is 6.33 Å². The smallest absolute Gasteiger partial charge is 0.138 e. The van der Waals surface area contributed by atoms with Gasteiger partial charge >= 0.3 is 0 Å². The lowest BCUT2D eigenvalue weighted by molar-refractivity contribution is 0.453. The number of rotatable bonds is 5. The first-order valence-electron chi connectivity index (χ1n) is 5.64. The molecule has 4 heteroatoms. The van der Waals surface area contributed by atoms with Crippen LogP contribution in [0.25, 0.3) is 0 Å². The molecule has 86 valence electrons. The Bertz CT molecular complexity index is 291. The van der Waals surface area contributed by atoms with Gasteiger partial charge in [-0.3, -0.25) is 0 Å². The second-order valence-corrected chi connectivity index (χ2v) is 4.81. The maximum atomic E-state index is 6.05. The normalized spacial score (nSPS) is 13.8. The lowest BCUT2D eigenvalue weighted by Crippen LogP contribution is -2.26. The molecule has 0 radical (unpaired) electrons. The third-order valence-electron chi connectivity index (χ3n) is 2.36. The van der Waals surface area contributed by atoms with Gasteiger partial charge in [-0.2, -0.15) is 5.10 Å². The van der Waals surface area contributed by atoms with E-state index in [9.17, 15) is 0 Å². The van der Waals surface area contributed by atoms with Gasteiger partial charge in [0.05, 0.1) is 0 Å². The third kappa shape index (κ3) is 3.63. The zero-order chi connectivity index (χ0) is 11.4. The molecule has 0 aliphatic carbocycles. The fourth-order valence-corrected chi connectivity index (χ4v) is 1.77. The molecule has 0 aliphatic rings. The molecule has 1 atom stereocenters. The van der Waals surface area contributed by atoms with Crippen LogP contribution in [0.1, 0.15) is 46.0 Å². The summed E-state index contributed by atoms with van der Waals surface area (Å²) in [6.07, 6.45) is 3.46. The molecule has 0 saturated heterocycles. The molecule has 0 saturated carbocycles. The van der Waals surface area contributed by atoms with Gasteiger partial charge in [-0.25, -0.2) is 9.67 Å². The van der Waals surface area contributed by atoms with Gasteiger partial charge < -0.3 is 5.73 Å². The van der Waals surface area contributed by atoms with Gasteiger partial charge in [0.2, 0.25) is 0 Å². The van der Waals surface area contributed by atoms with Crippen LogP contribution in [0.2, 0.25) is 0 Å². The molecule has 0 bridgehead atoms. The summed E-state index contributed by atoms with van der Waals surface area (Å²) in [6.45, 7) is 8.58. The Morgan fingerprint density at radius 3 is 2.53 bits per heavy atom. The second-order valence-electron chi connectivity index (χ2n) is 4.81. The Morgan fingerprint density at radius 1 is 1.33 bits per heavy atom. The first-order valence-corrected chi connectivity index (χ1v) is 5.64. The number of hydrogen-bond acceptors (Lipinski definition) is 3. The number of nitrogens with zero attached hydrogens (tertiary/aromatic N) is 3. The number of nitrogens with two attached hydrogens (primary N) is 1. The van der Waals surface area contributed by atoms with Crippen molar-refractivity contribution >= 4 is 0 Å². The summed E-state index contributed by atoms with van der Waals surface area (Å²) in [5.74, 6) is 1.63. The fraction of sp³-hybridized carbons (Fsp3) is 0.818. The van der Waals surface area contributed by atoms with E-state index in [1.165, 1.54) is 0 Å². The predicted molar refractivity (Wildman–Crippen MR) is 61.5 cm³/mol. The molecule has 0 fully saturated rings. The number of hydrogen-bond donors (Lipinski definition) is 1. The molecular formula is C11H22N4. The lowest BCUT2D eigenvalue weighted by Gasteiger charge is -2.15. The first-order chi connectivity index (χ1) is 7.00. The molecule has 0 aliphatic heterocycles. The highest BCUT2D eigenvalue weighted by Gasteiger charge is 2.12. The Morgan fingerprint density at radius 2 is 2.00 bits per heavy atom. The predicted octanol–water partition coefficient (Wildman–Crippen LogP) is 1.77. The van der Waals surface area contributed by atoms with Gasteiger partial charge in [-0.05, 0) is 26.2 Å². The average Bonchev–Trinajstić information content (AvgIpc) is 2.50. The SMILES string of the molecule is CC(C)CC(N)Cc1ncnn1C(C)C. The number of aromatic nitrogens is 3. The van der Waals surface area contributed by atoms with Gasteiger partial charge in [0.25, 0.3) is 0 Å². The summed E-state index contributed by atoms with van der Waals surface area (Å²) in [4.78, 5) is 4.26. The minimum absolute atomic E-state index is 0.187. The quantitative estimate of drug-likeness (QED) is 0.806. The minimum Gasteiger partial charge on any atom is -0.327 e. The molecule has 1 rings (SSSR count). The summed E-state index contributed by atoms with van der Waals surface area (Å²) in [5.41, 5.74) is 6.05. The van der Waals surface area contributed by atoms with E-state index in [4.69, 9.17) is 5.73 Å². The molecule has 1 heterocycles. The zero-order valence-corrected chi connectivity index (χ0v) is 10.1. The summed E-state index contributed by atoms with van der Waals surface area (Å²) < 4.78 is 1.94. The summed E-state index contributed by atoms with van der Waals surface area (Å²) in [7, 11) is 0. The van der Waals surface area contributed by atoms with Crippen LogP contribution < -0.4 is 5.73 Å². The maximum Gasteiger partial charge on any atom is 0.138 e. The van der Waals surface area contributed by atoms with E-state index >= 15 is 0 Å². The Kier molecular flexibility index (Phi) is 4.27. The first kappa shape index (κ1) is 12.2. The van der Waals surface area contributed by atoms with Crippen LogP contribution in [0, 0.1) is 5.92 Å². The summed E-state index contributed by atoms with van der Waals surface area (Å²) in [6, 6.07) is 0.542. The van der Waals surface area contributed by atoms with E-state index in [2.05, 4.69) is 37.8 Å². The van der Waals surface area contributed by atoms with Crippen LogP contribution >= 0.6 is 0 Å². The van der Waals surface area contributed by atoms with E-state index in [0.29, 0.717) is 12.0 Å². The van der Waals surface area contributed by atoms with Gasteiger partial charge in [-0.1, -0.05) is 13.8 Å². The molecule has 1 aromatic rings. The van der Waals surface area contributed by atoms with Gasteiger partial charge in [0.1, 0.15) is 12.2 Å². The van der Waals surface area contributed by atoms with E-state index in [1.807, 2.05) is 4.68 Å². The maximum absolute atomic E-state index is 6.05. The van der Waals surface area contributed by atoms with Crippen LogP contribution in [-0.4, -0.2) is 20.8 Å². The van der Waals surface area contributed by atoms with Gasteiger partial charge in [0, 0.05) is 18.5 Å². The van der Waals surface area contributed by atoms with Crippen molar-refractivity contribution in [2.45, 2.75) is 52.6 Å². The van der Waals surface area contributed by atoms with E-state index in [0.717, 1.165) is 18.7 Å². The minimum atomic E-state index is 0.187. The van der Waals surface area contributed by atoms with Gasteiger partial charge in [0.15, 0.2) is 0 Å². The molecular weight excluding hydrogens is 188 g/mol. The van der Waals surface area contributed by atoms with Crippen molar-refractivity contribution in [3.63, 3.8) is 0 Å². The Hall–Kier alpha value is -0.900. The third-order valence-corrected chi connectivity index (χ3v) is 2.36. The zero-order valence-electron chi connectivity index (χ0n) is 10.1. The molecule has 15 heavy (non-hydrogen) atoms. The summed E-state index contributed by atoms with van der Waals surface area (Å²) in [5, 5.41) is 4.20. The lowest BCUT2D eigenvalue weighted by atomic mass is 10.0. The largest absolute Gasteiger partial charge is 0.327 e. The van der Waals surface area contributed by atoms with Crippen molar-refractivity contribution in [3.8, 4) is 0 Å². The molecule has 1 unspecified atom stereocenters. The van der Waals surface area contributed by atoms with Crippen LogP contribution in [0.5, 0.6) is 0 Å². The topological polar surface area (TPSA) is 56.7 Å². The van der Waals surface area contributed by atoms with E-state index in [1.54, 1.807) is 6.33 Å². The molecule has 4 nitrogen and oxygen atoms in total. The van der Waals surface area contributed by atoms with Gasteiger partial charge in [-0.15, -0.1) is 0 Å². The fourth-order valence-electron chi connectivity index (χ4n) is 1.77. The van der Waals surface area contributed by atoms with Crippen molar-refractivity contribution in [2.75, 3.05) is 0 Å². The molecule has 0 amide bonds. The van der Waals surface area contributed by atoms with Crippen LogP contribution in [0.4, 0.5) is 0 Å². The van der Waals surface area contributed by atoms with Crippen LogP contribution in [0.3, 0.4) is 0 Å². The average molecular weight is 210 g/mol. The van der Waals surface area contributed by atoms with Crippen molar-refractivity contribution in [3.05, 3.63) is 12.2 Å². The highest BCUT2D eigenvalue weighted by molar-refractivity contribution is 4.90. The standard InChI is InChI=1S/C11H22N4/c1-8(2)5-10(12)6-11-13-7-14-15(11)9(3)4/h7-10H,5-6,12H2,1-4H3. The molecule has 2 N–H and O–H groups in total. The van der Waals surface area contributed by atoms with Crippen molar-refractivity contribution in [1.29, 1.82) is 0 Å². The van der Waals surface area contributed by atoms with Crippen molar-refractivity contribution in [1.82, 2.24) is 14.8 Å². The van der Waals surface area contributed by atoms with Crippen LogP contribution in [-0.2, 0) is 6.42 Å². The highest BCUT2D eigenvalue weighted by Crippen LogP contribution is 2.10. The molecule has 0 spiro atoms. The van der Waals surface area contributed by atoms with Crippen molar-refractivity contribution < 1.29 is 0 Å². The Labute approximate surface area is 91.9 Å². The second kappa shape index (κ2) is 5.26. The Balaban J connectivity index is 2.60. The van der Waals surface area contributed by atoms with E-state index < -0.39 is 0 Å². The summed E-state index contributed by atoms with van der Waals surface area (Å²) >= 11 is 0. The molecule has 0 aromatic carbocycles.